The SMILES string of the molecule is COC(O)c1cc(NC(O)NC2NC(c3ccccc3)NS2)cc(C(O)OC)c1. The molecule has 9 nitrogen and oxygen atoms in total. The summed E-state index contributed by atoms with van der Waals surface area (Å²) in [5.41, 5.74) is 2.14. The van der Waals surface area contributed by atoms with Gasteiger partial charge in [0.25, 0.3) is 0 Å². The zero-order chi connectivity index (χ0) is 20.8. The minimum absolute atomic E-state index is 0.0467. The average Bonchev–Trinajstić information content (AvgIpc) is 3.21. The van der Waals surface area contributed by atoms with Crippen molar-refractivity contribution >= 4 is 17.6 Å². The lowest BCUT2D eigenvalue weighted by Crippen LogP contribution is -2.46. The van der Waals surface area contributed by atoms with Crippen LogP contribution in [0.4, 0.5) is 5.69 Å². The molecule has 0 radical (unpaired) electrons. The molecule has 1 heterocycles. The average molecular weight is 423 g/mol. The molecule has 3 rings (SSSR count). The molecule has 2 aromatic rings. The fourth-order valence-corrected chi connectivity index (χ4v) is 3.78. The Kier molecular flexibility index (Phi) is 7.84. The van der Waals surface area contributed by atoms with Crippen LogP contribution in [0.2, 0.25) is 0 Å². The van der Waals surface area contributed by atoms with Crippen molar-refractivity contribution in [3.63, 3.8) is 0 Å². The first-order valence-electron chi connectivity index (χ1n) is 8.99. The highest BCUT2D eigenvalue weighted by molar-refractivity contribution is 7.98. The molecule has 5 atom stereocenters. The molecular formula is C19H26N4O5S. The van der Waals surface area contributed by atoms with E-state index in [4.69, 9.17) is 9.47 Å². The van der Waals surface area contributed by atoms with Gasteiger partial charge in [0.05, 0.1) is 6.17 Å². The molecule has 158 valence electrons. The van der Waals surface area contributed by atoms with Crippen molar-refractivity contribution in [2.45, 2.75) is 30.6 Å². The predicted molar refractivity (Wildman–Crippen MR) is 110 cm³/mol. The Morgan fingerprint density at radius 1 is 0.966 bits per heavy atom. The standard InChI is InChI=1S/C19H26N4O5S/c1-27-16(24)12-8-13(17(25)28-2)10-14(9-12)20-18(26)22-19-21-15(23-29-19)11-6-4-3-5-7-11/h3-10,15-26H,1-2H3. The molecule has 1 aliphatic rings. The third-order valence-corrected chi connectivity index (χ3v) is 5.24. The predicted octanol–water partition coefficient (Wildman–Crippen LogP) is 1.06. The van der Waals surface area contributed by atoms with Gasteiger partial charge in [0, 0.05) is 31.0 Å². The monoisotopic (exact) mass is 422 g/mol. The molecule has 0 saturated carbocycles. The molecule has 7 N–H and O–H groups in total. The topological polar surface area (TPSA) is 127 Å². The maximum atomic E-state index is 10.4. The third-order valence-electron chi connectivity index (χ3n) is 4.36. The van der Waals surface area contributed by atoms with Gasteiger partial charge in [-0.05, 0) is 35.7 Å². The summed E-state index contributed by atoms with van der Waals surface area (Å²) in [6.45, 7) is 0. The van der Waals surface area contributed by atoms with Crippen LogP contribution in [0, 0.1) is 0 Å². The first-order valence-corrected chi connectivity index (χ1v) is 9.87. The molecule has 1 fully saturated rings. The minimum Gasteiger partial charge on any atom is -0.364 e. The fraction of sp³-hybridized carbons (Fsp3) is 0.368. The van der Waals surface area contributed by atoms with Crippen LogP contribution in [0.1, 0.15) is 35.4 Å². The Hall–Kier alpha value is -1.73. The van der Waals surface area contributed by atoms with Crippen molar-refractivity contribution in [2.75, 3.05) is 19.5 Å². The number of anilines is 1. The number of methoxy groups -OCH3 is 2. The molecule has 5 unspecified atom stereocenters. The van der Waals surface area contributed by atoms with Crippen LogP contribution < -0.4 is 20.7 Å². The maximum absolute atomic E-state index is 10.4. The van der Waals surface area contributed by atoms with E-state index in [9.17, 15) is 15.3 Å². The van der Waals surface area contributed by atoms with Gasteiger partial charge in [0.15, 0.2) is 18.9 Å². The summed E-state index contributed by atoms with van der Waals surface area (Å²) in [5, 5.41) is 39.5. The highest BCUT2D eigenvalue weighted by Gasteiger charge is 2.26. The number of benzene rings is 2. The van der Waals surface area contributed by atoms with E-state index in [1.807, 2.05) is 30.3 Å². The third kappa shape index (κ3) is 5.89. The van der Waals surface area contributed by atoms with Gasteiger partial charge < -0.3 is 30.1 Å². The number of ether oxygens (including phenoxy) is 2. The smallest absolute Gasteiger partial charge is 0.183 e. The summed E-state index contributed by atoms with van der Waals surface area (Å²) in [7, 11) is 2.74. The second-order valence-corrected chi connectivity index (χ2v) is 7.35. The number of hydrogen-bond donors (Lipinski definition) is 7. The van der Waals surface area contributed by atoms with Crippen LogP contribution in [0.5, 0.6) is 0 Å². The lowest BCUT2D eigenvalue weighted by Gasteiger charge is -2.22. The second-order valence-electron chi connectivity index (χ2n) is 6.40. The first kappa shape index (κ1) is 22.0. The number of hydrogen-bond acceptors (Lipinski definition) is 10. The van der Waals surface area contributed by atoms with Crippen molar-refractivity contribution in [3.05, 3.63) is 65.2 Å². The molecule has 29 heavy (non-hydrogen) atoms. The van der Waals surface area contributed by atoms with E-state index in [-0.39, 0.29) is 11.7 Å². The van der Waals surface area contributed by atoms with Gasteiger partial charge in [-0.3, -0.25) is 5.32 Å². The molecule has 10 heteroatoms. The molecule has 0 aliphatic carbocycles. The Morgan fingerprint density at radius 3 is 2.17 bits per heavy atom. The van der Waals surface area contributed by atoms with Crippen molar-refractivity contribution in [1.29, 1.82) is 0 Å². The lowest BCUT2D eigenvalue weighted by atomic mass is 10.1. The van der Waals surface area contributed by atoms with E-state index in [0.29, 0.717) is 16.8 Å². The first-order chi connectivity index (χ1) is 14.0. The van der Waals surface area contributed by atoms with Crippen molar-refractivity contribution in [1.82, 2.24) is 15.4 Å². The maximum Gasteiger partial charge on any atom is 0.183 e. The number of rotatable bonds is 9. The molecule has 1 aliphatic heterocycles. The number of aliphatic hydroxyl groups is 3. The highest BCUT2D eigenvalue weighted by Crippen LogP contribution is 2.26. The van der Waals surface area contributed by atoms with E-state index >= 15 is 0 Å². The summed E-state index contributed by atoms with van der Waals surface area (Å²) in [5.74, 6) is 0. The largest absolute Gasteiger partial charge is 0.364 e. The molecule has 0 aromatic heterocycles. The molecule has 0 spiro atoms. The summed E-state index contributed by atoms with van der Waals surface area (Å²) in [6, 6.07) is 14.7. The Morgan fingerprint density at radius 2 is 1.59 bits per heavy atom. The summed E-state index contributed by atoms with van der Waals surface area (Å²) in [4.78, 5) is 0. The molecular weight excluding hydrogens is 396 g/mol. The molecule has 2 aromatic carbocycles. The van der Waals surface area contributed by atoms with E-state index < -0.39 is 18.9 Å². The van der Waals surface area contributed by atoms with Crippen LogP contribution in [-0.2, 0) is 9.47 Å². The van der Waals surface area contributed by atoms with Crippen LogP contribution in [0.15, 0.2) is 48.5 Å². The quantitative estimate of drug-likeness (QED) is 0.233. The van der Waals surface area contributed by atoms with Crippen molar-refractivity contribution in [2.24, 2.45) is 0 Å². The van der Waals surface area contributed by atoms with Gasteiger partial charge in [-0.15, -0.1) is 0 Å². The van der Waals surface area contributed by atoms with Gasteiger partial charge in [-0.25, -0.2) is 10.0 Å². The Bertz CT molecular complexity index is 756. The van der Waals surface area contributed by atoms with Crippen LogP contribution in [0.25, 0.3) is 0 Å². The summed E-state index contributed by atoms with van der Waals surface area (Å²) in [6.07, 6.45) is -3.49. The van der Waals surface area contributed by atoms with E-state index in [1.165, 1.54) is 26.2 Å². The molecule has 1 saturated heterocycles. The summed E-state index contributed by atoms with van der Waals surface area (Å²) < 4.78 is 13.1. The second kappa shape index (κ2) is 10.3. The van der Waals surface area contributed by atoms with Crippen LogP contribution >= 0.6 is 11.9 Å². The Labute approximate surface area is 173 Å². The summed E-state index contributed by atoms with van der Waals surface area (Å²) >= 11 is 1.42. The molecule has 0 amide bonds. The van der Waals surface area contributed by atoms with Gasteiger partial charge in [-0.1, -0.05) is 30.3 Å². The zero-order valence-electron chi connectivity index (χ0n) is 16.1. The normalized spacial score (nSPS) is 22.2. The van der Waals surface area contributed by atoms with Crippen molar-refractivity contribution in [3.8, 4) is 0 Å². The number of aliphatic hydroxyl groups excluding tert-OH is 3. The number of nitrogens with one attached hydrogen (secondary N) is 4. The van der Waals surface area contributed by atoms with Gasteiger partial charge >= 0.3 is 0 Å². The van der Waals surface area contributed by atoms with E-state index in [0.717, 1.165) is 5.56 Å². The van der Waals surface area contributed by atoms with Crippen LogP contribution in [-0.4, -0.2) is 41.4 Å². The van der Waals surface area contributed by atoms with Gasteiger partial charge in [0.2, 0.25) is 0 Å². The van der Waals surface area contributed by atoms with E-state index in [2.05, 4.69) is 20.7 Å². The zero-order valence-corrected chi connectivity index (χ0v) is 16.9. The lowest BCUT2D eigenvalue weighted by molar-refractivity contribution is -0.0816. The minimum atomic E-state index is -1.17. The van der Waals surface area contributed by atoms with Gasteiger partial charge in [-0.2, -0.15) is 0 Å². The Balaban J connectivity index is 1.63. The van der Waals surface area contributed by atoms with Crippen molar-refractivity contribution < 1.29 is 24.8 Å². The van der Waals surface area contributed by atoms with E-state index in [1.54, 1.807) is 18.2 Å². The fourth-order valence-electron chi connectivity index (χ4n) is 2.91. The highest BCUT2D eigenvalue weighted by atomic mass is 32.2. The molecule has 0 bridgehead atoms. The van der Waals surface area contributed by atoms with Gasteiger partial charge in [0.1, 0.15) is 5.50 Å². The van der Waals surface area contributed by atoms with Crippen LogP contribution in [0.3, 0.4) is 0 Å².